The smallest absolute Gasteiger partial charge is 0.255 e. The van der Waals surface area contributed by atoms with Gasteiger partial charge in [-0.05, 0) is 254 Å². The van der Waals surface area contributed by atoms with Crippen LogP contribution in [0.25, 0.3) is 0 Å². The first kappa shape index (κ1) is 70.0. The normalized spacial score (nSPS) is 13.7. The summed E-state index contributed by atoms with van der Waals surface area (Å²) in [5.41, 5.74) is 7.44. The third kappa shape index (κ3) is 22.2. The molecule has 12 nitrogen and oxygen atoms in total. The molecule has 2 aliphatic rings. The number of thiol groups is 1. The first-order chi connectivity index (χ1) is 41.5. The number of benzene rings is 5. The van der Waals surface area contributed by atoms with Gasteiger partial charge in [-0.2, -0.15) is 0 Å². The summed E-state index contributed by atoms with van der Waals surface area (Å²) >= 11 is 41.9. The molecular weight excluding hydrogens is 1530 g/mol. The van der Waals surface area contributed by atoms with Crippen molar-refractivity contribution in [1.82, 2.24) is 29.7 Å². The number of pyridine rings is 4. The van der Waals surface area contributed by atoms with Crippen molar-refractivity contribution in [1.29, 1.82) is 0 Å². The lowest BCUT2D eigenvalue weighted by atomic mass is 9.89. The van der Waals surface area contributed by atoms with E-state index in [9.17, 15) is 26.0 Å². The number of rotatable bonds is 10. The van der Waals surface area contributed by atoms with Crippen molar-refractivity contribution in [3.05, 3.63) is 244 Å². The van der Waals surface area contributed by atoms with E-state index in [1.54, 1.807) is 72.8 Å². The van der Waals surface area contributed by atoms with Gasteiger partial charge in [0, 0.05) is 92.9 Å². The highest BCUT2D eigenvalue weighted by atomic mass is 79.9. The number of hydrogen-bond donors (Lipinski definition) is 2. The number of hydrogen-bond acceptors (Lipinski definition) is 13. The molecule has 2 saturated heterocycles. The number of nitrogens with zero attached hydrogens (tertiary/aromatic N) is 6. The fraction of sp³-hybridized carbons (Fsp3) is 0.177. The number of piperidine rings is 2. The predicted octanol–water partition coefficient (Wildman–Crippen LogP) is 18.1. The van der Waals surface area contributed by atoms with E-state index in [4.69, 9.17) is 52.1 Å². The van der Waals surface area contributed by atoms with Crippen LogP contribution in [0, 0.1) is 11.7 Å². The Morgan fingerprint density at radius 3 is 1.55 bits per heavy atom. The third-order valence-electron chi connectivity index (χ3n) is 13.2. The van der Waals surface area contributed by atoms with Crippen LogP contribution in [0.5, 0.6) is 0 Å². The van der Waals surface area contributed by atoms with E-state index < -0.39 is 25.5 Å². The molecule has 0 aliphatic carbocycles. The molecule has 2 fully saturated rings. The van der Waals surface area contributed by atoms with Gasteiger partial charge < -0.3 is 15.5 Å². The average molecular weight is 1590 g/mol. The second-order valence-electron chi connectivity index (χ2n) is 19.3. The van der Waals surface area contributed by atoms with Crippen molar-refractivity contribution in [2.24, 2.45) is 5.92 Å². The second-order valence-corrected chi connectivity index (χ2v) is 30.0. The fourth-order valence-electron chi connectivity index (χ4n) is 8.82. The zero-order valence-corrected chi connectivity index (χ0v) is 58.5. The summed E-state index contributed by atoms with van der Waals surface area (Å²) in [6, 6.07) is 46.0. The minimum absolute atomic E-state index is 0.00275. The number of sulfone groups is 2. The van der Waals surface area contributed by atoms with Gasteiger partial charge in [-0.15, -0.1) is 12.6 Å². The summed E-state index contributed by atoms with van der Waals surface area (Å²) in [5.74, 6) is -0.0626. The minimum atomic E-state index is -3.71. The van der Waals surface area contributed by atoms with Crippen LogP contribution in [0.2, 0.25) is 20.1 Å². The molecule has 0 radical (unpaired) electrons. The summed E-state index contributed by atoms with van der Waals surface area (Å²) in [6.07, 6.45) is 11.4. The van der Waals surface area contributed by atoms with Gasteiger partial charge in [0.2, 0.25) is 19.7 Å². The van der Waals surface area contributed by atoms with Gasteiger partial charge >= 0.3 is 0 Å². The number of nitrogens with two attached hydrogens (primary N) is 1. The molecule has 9 aromatic rings. The van der Waals surface area contributed by atoms with Crippen LogP contribution in [0.1, 0.15) is 41.6 Å². The van der Waals surface area contributed by atoms with Crippen molar-refractivity contribution in [2.75, 3.05) is 31.9 Å². The number of aromatic nitrogens is 4. The molecule has 0 bridgehead atoms. The summed E-state index contributed by atoms with van der Waals surface area (Å²) in [5, 5.41) is 3.21. The highest BCUT2D eigenvalue weighted by molar-refractivity contribution is 9.11. The van der Waals surface area contributed by atoms with Gasteiger partial charge in [-0.3, -0.25) is 4.79 Å². The Balaban J connectivity index is 0.000000183. The lowest BCUT2D eigenvalue weighted by Gasteiger charge is -2.42. The van der Waals surface area contributed by atoms with Crippen molar-refractivity contribution in [3.63, 3.8) is 0 Å². The predicted molar refractivity (Wildman–Crippen MR) is 364 cm³/mol. The number of carbonyl (C=O) groups is 1. The number of anilines is 1. The number of carbonyl (C=O) groups excluding carboxylic acids is 1. The Morgan fingerprint density at radius 1 is 0.575 bits per heavy atom. The first-order valence-electron chi connectivity index (χ1n) is 26.4. The molecule has 2 aliphatic heterocycles. The Morgan fingerprint density at radius 2 is 1.09 bits per heavy atom. The summed E-state index contributed by atoms with van der Waals surface area (Å²) in [4.78, 5) is 35.8. The molecule has 1 amide bonds. The van der Waals surface area contributed by atoms with Gasteiger partial charge in [0.15, 0.2) is 10.1 Å². The van der Waals surface area contributed by atoms with E-state index in [-0.39, 0.29) is 31.4 Å². The van der Waals surface area contributed by atoms with E-state index in [0.29, 0.717) is 40.7 Å². The number of halogens is 9. The van der Waals surface area contributed by atoms with Crippen molar-refractivity contribution >= 4 is 166 Å². The maximum Gasteiger partial charge on any atom is 0.255 e. The monoisotopic (exact) mass is 1580 g/mol. The van der Waals surface area contributed by atoms with Gasteiger partial charge in [-0.25, -0.2) is 41.2 Å². The lowest BCUT2D eigenvalue weighted by molar-refractivity contribution is 0.0553. The van der Waals surface area contributed by atoms with Crippen LogP contribution >= 0.6 is 135 Å². The number of likely N-dealkylation sites (tertiary alicyclic amines) is 2. The molecule has 0 spiro atoms. The van der Waals surface area contributed by atoms with E-state index >= 15 is 0 Å². The van der Waals surface area contributed by atoms with Crippen molar-refractivity contribution in [3.8, 4) is 0 Å². The average Bonchev–Trinajstić information content (AvgIpc) is 3.39. The number of amides is 1. The van der Waals surface area contributed by atoms with E-state index in [1.807, 2.05) is 77.7 Å². The molecule has 11 rings (SSSR count). The molecule has 0 saturated carbocycles. The SMILES string of the molecule is Brc1ccc(Br)nc1.Clc1cccc(Sc2ccc(Br)cn2)c1.Nc1cc(F)ccc1C(=O)N1CCC(N2CCC(Cc3ccc(S(=O)(=O)c4cccc(Cl)c4)nc3)CC2)CC1.O=S(=O)(c1cccc(Cl)c1)c1ccc(Br)cn1.Sc1cccc(Cl)c1. The maximum atomic E-state index is 13.3. The molecule has 25 heteroatoms. The van der Waals surface area contributed by atoms with Gasteiger partial charge in [0.1, 0.15) is 15.4 Å². The molecule has 4 aromatic heterocycles. The first-order valence-corrected chi connectivity index (χ1v) is 35.4. The minimum Gasteiger partial charge on any atom is -0.398 e. The van der Waals surface area contributed by atoms with Gasteiger partial charge in [0.05, 0.1) is 15.4 Å². The van der Waals surface area contributed by atoms with E-state index in [1.165, 1.54) is 54.7 Å². The molecule has 6 heterocycles. The lowest BCUT2D eigenvalue weighted by Crippen LogP contribution is -2.49. The number of nitrogen functional groups attached to an aromatic ring is 1. The van der Waals surface area contributed by atoms with Crippen LogP contribution < -0.4 is 5.73 Å². The molecule has 5 aromatic carbocycles. The molecule has 0 atom stereocenters. The quantitative estimate of drug-likeness (QED) is 0.0756. The van der Waals surface area contributed by atoms with Crippen LogP contribution in [0.4, 0.5) is 10.1 Å². The van der Waals surface area contributed by atoms with Crippen LogP contribution in [0.3, 0.4) is 0 Å². The summed E-state index contributed by atoms with van der Waals surface area (Å²) in [7, 11) is -7.30. The van der Waals surface area contributed by atoms with Gasteiger partial charge in [-0.1, -0.05) is 88.5 Å². The summed E-state index contributed by atoms with van der Waals surface area (Å²) < 4.78 is 67.0. The van der Waals surface area contributed by atoms with Crippen molar-refractivity contribution < 1.29 is 26.0 Å². The topological polar surface area (TPSA) is 169 Å². The van der Waals surface area contributed by atoms with Crippen LogP contribution in [-0.2, 0) is 26.1 Å². The molecular formula is C62H54Br4Cl4FN7O5S4. The molecule has 0 unspecified atom stereocenters. The van der Waals surface area contributed by atoms with E-state index in [0.717, 1.165) is 93.6 Å². The summed E-state index contributed by atoms with van der Waals surface area (Å²) in [6.45, 7) is 3.33. The fourth-order valence-corrected chi connectivity index (χ4v) is 14.3. The van der Waals surface area contributed by atoms with Crippen LogP contribution in [0.15, 0.2) is 241 Å². The zero-order chi connectivity index (χ0) is 62.7. The molecule has 2 N–H and O–H groups in total. The van der Waals surface area contributed by atoms with Gasteiger partial charge in [0.25, 0.3) is 5.91 Å². The van der Waals surface area contributed by atoms with Crippen LogP contribution in [-0.4, -0.2) is 84.7 Å². The highest BCUT2D eigenvalue weighted by Gasteiger charge is 2.31. The van der Waals surface area contributed by atoms with E-state index in [2.05, 4.69) is 101 Å². The highest BCUT2D eigenvalue weighted by Crippen LogP contribution is 2.31. The Bertz CT molecular complexity index is 3920. The third-order valence-corrected chi connectivity index (χ3v) is 20.5. The molecule has 87 heavy (non-hydrogen) atoms. The Labute approximate surface area is 570 Å². The second kappa shape index (κ2) is 34.1. The Kier molecular flexibility index (Phi) is 27.4. The maximum absolute atomic E-state index is 13.3. The molecule has 454 valence electrons. The zero-order valence-electron chi connectivity index (χ0n) is 45.8. The Hall–Kier alpha value is -4.46. The standard InChI is InChI=1S/C29H32ClFN4O3S.C11H7BrClNO2S.C11H7BrClNS.C6H5ClS.C5H3Br2N/c30-22-2-1-3-25(17-22)39(37,38)28-7-4-21(19-33-28)16-20-8-12-34(13-9-20)24-10-14-35(15-11-24)29(36)26-6-5-23(31)18-27(26)32;12-8-4-5-11(14-7-8)17(15,16)10-3-1-2-9(13)6-10;12-8-4-5-11(14-7-8)15-10-3-1-2-9(13)6-10;7-5-2-1-3-6(8)4-5;6-4-1-2-5(7)8-3-4/h1-7,17-20,24H,8-16,32H2;1-7H;1-7H;1-4,8H;1-3H. The van der Waals surface area contributed by atoms with Crippen molar-refractivity contribution in [2.45, 2.75) is 72.8 Å². The largest absolute Gasteiger partial charge is 0.398 e.